The summed E-state index contributed by atoms with van der Waals surface area (Å²) in [5.74, 6) is 0.0276. The maximum atomic E-state index is 12.4. The number of ether oxygens (including phenoxy) is 2. The molecule has 0 aromatic heterocycles. The molecule has 1 aromatic carbocycles. The molecule has 0 heterocycles. The van der Waals surface area contributed by atoms with Crippen LogP contribution in [0.4, 0.5) is 5.69 Å². The van der Waals surface area contributed by atoms with E-state index in [-0.39, 0.29) is 6.42 Å². The summed E-state index contributed by atoms with van der Waals surface area (Å²) < 4.78 is 10.4. The summed E-state index contributed by atoms with van der Waals surface area (Å²) >= 11 is 0. The van der Waals surface area contributed by atoms with Crippen LogP contribution in [0.2, 0.25) is 0 Å². The molecule has 152 valence electrons. The Morgan fingerprint density at radius 2 is 1.93 bits per heavy atom. The molecule has 0 bridgehead atoms. The fourth-order valence-corrected chi connectivity index (χ4v) is 2.80. The summed E-state index contributed by atoms with van der Waals surface area (Å²) in [6, 6.07) is 4.10. The molecule has 0 saturated carbocycles. The average molecular weight is 380 g/mol. The SMILES string of the molecule is CCCC[C@H](CC)CN[C@@H](CC(=O)Nc1cc(OC)ccc1OC)C(=O)O. The molecular weight excluding hydrogens is 348 g/mol. The first-order valence-corrected chi connectivity index (χ1v) is 9.43. The van der Waals surface area contributed by atoms with E-state index in [1.165, 1.54) is 14.2 Å². The highest BCUT2D eigenvalue weighted by molar-refractivity contribution is 5.95. The van der Waals surface area contributed by atoms with Crippen molar-refractivity contribution in [3.8, 4) is 11.5 Å². The number of amides is 1. The molecule has 0 aliphatic rings. The number of carboxylic acid groups (broad SMARTS) is 1. The van der Waals surface area contributed by atoms with E-state index in [2.05, 4.69) is 24.5 Å². The number of carbonyl (C=O) groups excluding carboxylic acids is 1. The molecule has 0 radical (unpaired) electrons. The van der Waals surface area contributed by atoms with Gasteiger partial charge in [0.2, 0.25) is 5.91 Å². The molecule has 1 rings (SSSR count). The third-order valence-electron chi connectivity index (χ3n) is 4.56. The number of aliphatic carboxylic acids is 1. The van der Waals surface area contributed by atoms with Gasteiger partial charge < -0.3 is 25.2 Å². The minimum atomic E-state index is -1.03. The van der Waals surface area contributed by atoms with Crippen molar-refractivity contribution in [2.75, 3.05) is 26.1 Å². The third-order valence-corrected chi connectivity index (χ3v) is 4.56. The van der Waals surface area contributed by atoms with Crippen molar-refractivity contribution < 1.29 is 24.2 Å². The predicted octanol–water partition coefficient (Wildman–Crippen LogP) is 3.29. The molecule has 1 amide bonds. The fourth-order valence-electron chi connectivity index (χ4n) is 2.80. The van der Waals surface area contributed by atoms with Crippen LogP contribution in [0.3, 0.4) is 0 Å². The number of carboxylic acids is 1. The lowest BCUT2D eigenvalue weighted by atomic mass is 9.99. The largest absolute Gasteiger partial charge is 0.497 e. The van der Waals surface area contributed by atoms with Gasteiger partial charge in [-0.25, -0.2) is 0 Å². The second-order valence-electron chi connectivity index (χ2n) is 6.53. The Morgan fingerprint density at radius 3 is 2.48 bits per heavy atom. The summed E-state index contributed by atoms with van der Waals surface area (Å²) in [5.41, 5.74) is 0.445. The van der Waals surface area contributed by atoms with E-state index in [9.17, 15) is 14.7 Å². The maximum Gasteiger partial charge on any atom is 0.321 e. The Balaban J connectivity index is 2.69. The summed E-state index contributed by atoms with van der Waals surface area (Å²) in [4.78, 5) is 23.9. The molecule has 0 aliphatic carbocycles. The number of hydrogen-bond acceptors (Lipinski definition) is 5. The number of hydrogen-bond donors (Lipinski definition) is 3. The van der Waals surface area contributed by atoms with Gasteiger partial charge in [-0.05, 0) is 31.0 Å². The van der Waals surface area contributed by atoms with Gasteiger partial charge in [0.25, 0.3) is 0 Å². The molecule has 0 aliphatic heterocycles. The number of unbranched alkanes of at least 4 members (excludes halogenated alkanes) is 1. The molecular formula is C20H32N2O5. The van der Waals surface area contributed by atoms with E-state index in [4.69, 9.17) is 9.47 Å². The minimum absolute atomic E-state index is 0.167. The fraction of sp³-hybridized carbons (Fsp3) is 0.600. The van der Waals surface area contributed by atoms with Crippen LogP contribution >= 0.6 is 0 Å². The normalized spacial score (nSPS) is 12.9. The lowest BCUT2D eigenvalue weighted by Crippen LogP contribution is -2.42. The van der Waals surface area contributed by atoms with Gasteiger partial charge >= 0.3 is 5.97 Å². The Kier molecular flexibility index (Phi) is 10.3. The third kappa shape index (κ3) is 7.86. The highest BCUT2D eigenvalue weighted by atomic mass is 16.5. The zero-order valence-corrected chi connectivity index (χ0v) is 16.7. The monoisotopic (exact) mass is 380 g/mol. The van der Waals surface area contributed by atoms with Crippen LogP contribution < -0.4 is 20.1 Å². The molecule has 27 heavy (non-hydrogen) atoms. The first-order valence-electron chi connectivity index (χ1n) is 9.43. The van der Waals surface area contributed by atoms with Crippen molar-refractivity contribution in [3.63, 3.8) is 0 Å². The van der Waals surface area contributed by atoms with Gasteiger partial charge in [-0.15, -0.1) is 0 Å². The van der Waals surface area contributed by atoms with Gasteiger partial charge in [-0.1, -0.05) is 33.1 Å². The minimum Gasteiger partial charge on any atom is -0.497 e. The number of carbonyl (C=O) groups is 2. The zero-order valence-electron chi connectivity index (χ0n) is 16.7. The number of nitrogens with one attached hydrogen (secondary N) is 2. The van der Waals surface area contributed by atoms with Crippen LogP contribution in [-0.4, -0.2) is 43.8 Å². The quantitative estimate of drug-likeness (QED) is 0.486. The Labute approximate surface area is 161 Å². The number of benzene rings is 1. The summed E-state index contributed by atoms with van der Waals surface area (Å²) in [7, 11) is 3.03. The molecule has 0 unspecified atom stereocenters. The summed E-state index contributed by atoms with van der Waals surface area (Å²) in [5, 5.41) is 15.2. The highest BCUT2D eigenvalue weighted by Crippen LogP contribution is 2.29. The predicted molar refractivity (Wildman–Crippen MR) is 106 cm³/mol. The van der Waals surface area contributed by atoms with E-state index >= 15 is 0 Å². The van der Waals surface area contributed by atoms with Crippen LogP contribution in [0.25, 0.3) is 0 Å². The number of methoxy groups -OCH3 is 2. The van der Waals surface area contributed by atoms with Crippen LogP contribution in [0.1, 0.15) is 46.0 Å². The van der Waals surface area contributed by atoms with E-state index in [1.807, 2.05) is 0 Å². The molecule has 7 nitrogen and oxygen atoms in total. The van der Waals surface area contributed by atoms with E-state index in [0.717, 1.165) is 25.7 Å². The van der Waals surface area contributed by atoms with Crippen LogP contribution in [0.5, 0.6) is 11.5 Å². The molecule has 3 N–H and O–H groups in total. The highest BCUT2D eigenvalue weighted by Gasteiger charge is 2.22. The molecule has 1 aromatic rings. The second kappa shape index (κ2) is 12.2. The van der Waals surface area contributed by atoms with Gasteiger partial charge in [0, 0.05) is 6.07 Å². The first-order chi connectivity index (χ1) is 12.9. The Morgan fingerprint density at radius 1 is 1.19 bits per heavy atom. The van der Waals surface area contributed by atoms with Gasteiger partial charge in [0.15, 0.2) is 0 Å². The standard InChI is InChI=1S/C20H32N2O5/c1-5-7-8-14(6-2)13-21-17(20(24)25)12-19(23)22-16-11-15(26-3)9-10-18(16)27-4/h9-11,14,17,21H,5-8,12-13H2,1-4H3,(H,22,23)(H,24,25)/t14-,17-/m0/s1. The van der Waals surface area contributed by atoms with E-state index < -0.39 is 17.9 Å². The molecule has 0 saturated heterocycles. The smallest absolute Gasteiger partial charge is 0.321 e. The molecule has 7 heteroatoms. The Bertz CT molecular complexity index is 606. The van der Waals surface area contributed by atoms with Crippen LogP contribution in [0, 0.1) is 5.92 Å². The van der Waals surface area contributed by atoms with Gasteiger partial charge in [0.1, 0.15) is 17.5 Å². The maximum absolute atomic E-state index is 12.4. The number of anilines is 1. The van der Waals surface area contributed by atoms with Gasteiger partial charge in [-0.3, -0.25) is 9.59 Å². The first kappa shape index (κ1) is 22.8. The van der Waals surface area contributed by atoms with Crippen molar-refractivity contribution in [1.82, 2.24) is 5.32 Å². The number of rotatable bonds is 13. The summed E-state index contributed by atoms with van der Waals surface area (Å²) in [6.07, 6.45) is 4.10. The van der Waals surface area contributed by atoms with Crippen LogP contribution in [0.15, 0.2) is 18.2 Å². The van der Waals surface area contributed by atoms with Crippen molar-refractivity contribution in [2.45, 2.75) is 52.0 Å². The zero-order chi connectivity index (χ0) is 20.2. The lowest BCUT2D eigenvalue weighted by molar-refractivity contribution is -0.141. The van der Waals surface area contributed by atoms with Crippen molar-refractivity contribution in [2.24, 2.45) is 5.92 Å². The summed E-state index contributed by atoms with van der Waals surface area (Å²) in [6.45, 7) is 4.82. The van der Waals surface area contributed by atoms with Crippen molar-refractivity contribution in [3.05, 3.63) is 18.2 Å². The lowest BCUT2D eigenvalue weighted by Gasteiger charge is -2.20. The topological polar surface area (TPSA) is 96.9 Å². The average Bonchev–Trinajstić information content (AvgIpc) is 2.66. The van der Waals surface area contributed by atoms with Gasteiger partial charge in [0.05, 0.1) is 26.3 Å². The molecule has 0 spiro atoms. The van der Waals surface area contributed by atoms with Gasteiger partial charge in [-0.2, -0.15) is 0 Å². The van der Waals surface area contributed by atoms with Crippen molar-refractivity contribution in [1.29, 1.82) is 0 Å². The molecule has 2 atom stereocenters. The second-order valence-corrected chi connectivity index (χ2v) is 6.53. The van der Waals surface area contributed by atoms with E-state index in [1.54, 1.807) is 18.2 Å². The van der Waals surface area contributed by atoms with Crippen LogP contribution in [-0.2, 0) is 9.59 Å². The van der Waals surface area contributed by atoms with E-state index in [0.29, 0.717) is 29.6 Å². The molecule has 0 fully saturated rings. The Hall–Kier alpha value is -2.28. The van der Waals surface area contributed by atoms with Crippen molar-refractivity contribution >= 4 is 17.6 Å².